The van der Waals surface area contributed by atoms with Crippen LogP contribution in [-0.2, 0) is 10.2 Å². The minimum absolute atomic E-state index is 0.117. The number of halogens is 1. The Hall–Kier alpha value is -3.51. The molecular formula is C28H31FN4O. The lowest BCUT2D eigenvalue weighted by Gasteiger charge is -2.24. The van der Waals surface area contributed by atoms with Crippen molar-refractivity contribution in [2.24, 2.45) is 5.92 Å². The molecule has 5 rings (SSSR count). The van der Waals surface area contributed by atoms with Gasteiger partial charge in [-0.15, -0.1) is 0 Å². The number of amides is 1. The van der Waals surface area contributed by atoms with Crippen LogP contribution in [0.5, 0.6) is 0 Å². The Balaban J connectivity index is 0.000000636. The number of carbonyl (C=O) groups is 1. The quantitative estimate of drug-likeness (QED) is 0.366. The number of likely N-dealkylation sites (N-methyl/N-ethyl adjacent to an activating group) is 1. The largest absolute Gasteiger partial charge is 0.362 e. The summed E-state index contributed by atoms with van der Waals surface area (Å²) in [5.41, 5.74) is 6.69. The zero-order valence-corrected chi connectivity index (χ0v) is 19.8. The lowest BCUT2D eigenvalue weighted by molar-refractivity contribution is -0.109. The first-order valence-corrected chi connectivity index (χ1v) is 11.5. The third kappa shape index (κ3) is 4.33. The summed E-state index contributed by atoms with van der Waals surface area (Å²) in [5.74, 6) is 0.886. The molecule has 2 fully saturated rings. The summed E-state index contributed by atoms with van der Waals surface area (Å²) in [6.07, 6.45) is 2.04. The molecule has 1 saturated heterocycles. The summed E-state index contributed by atoms with van der Waals surface area (Å²) in [6.45, 7) is 4.32. The summed E-state index contributed by atoms with van der Waals surface area (Å²) in [5, 5.41) is 13.6. The van der Waals surface area contributed by atoms with Gasteiger partial charge in [0, 0.05) is 54.6 Å². The minimum atomic E-state index is -0.254. The van der Waals surface area contributed by atoms with Gasteiger partial charge in [-0.05, 0) is 73.0 Å². The first-order chi connectivity index (χ1) is 16.4. The highest BCUT2D eigenvalue weighted by atomic mass is 19.1. The normalized spacial score (nSPS) is 22.7. The topological polar surface area (TPSA) is 68.2 Å². The Labute approximate surface area is 200 Å². The maximum Gasteiger partial charge on any atom is 0.206 e. The Morgan fingerprint density at radius 3 is 2.41 bits per heavy atom. The molecule has 2 aliphatic rings. The number of hydrogen-bond acceptors (Lipinski definition) is 4. The molecule has 3 unspecified atom stereocenters. The molecule has 1 amide bonds. The van der Waals surface area contributed by atoms with Gasteiger partial charge < -0.3 is 20.9 Å². The number of anilines is 2. The van der Waals surface area contributed by atoms with Crippen LogP contribution in [0.3, 0.4) is 0 Å². The molecular weight excluding hydrogens is 427 g/mol. The van der Waals surface area contributed by atoms with Crippen molar-refractivity contribution in [3.05, 3.63) is 94.8 Å². The fourth-order valence-electron chi connectivity index (χ4n) is 5.63. The summed E-state index contributed by atoms with van der Waals surface area (Å²) in [7, 11) is 3.76. The number of hydrogen-bond donors (Lipinski definition) is 3. The molecule has 1 heterocycles. The first-order valence-electron chi connectivity index (χ1n) is 11.5. The van der Waals surface area contributed by atoms with Gasteiger partial charge in [0.15, 0.2) is 0 Å². The maximum absolute atomic E-state index is 13.2. The lowest BCUT2D eigenvalue weighted by atomic mass is 9.86. The molecule has 3 N–H and O–H groups in total. The SMILES string of the molecule is CNC=O.Cc1cc(Nc2ccc(F)cc2)c(C=N)cc1C12CN(C)CC1C2c1ccccc1. The molecule has 1 aliphatic heterocycles. The first kappa shape index (κ1) is 23.6. The van der Waals surface area contributed by atoms with Crippen LogP contribution in [0.1, 0.15) is 28.2 Å². The third-order valence-corrected chi connectivity index (χ3v) is 7.00. The molecule has 0 spiro atoms. The van der Waals surface area contributed by atoms with Gasteiger partial charge >= 0.3 is 0 Å². The maximum atomic E-state index is 13.2. The number of piperidine rings is 1. The average molecular weight is 459 g/mol. The van der Waals surface area contributed by atoms with Crippen molar-refractivity contribution < 1.29 is 9.18 Å². The zero-order chi connectivity index (χ0) is 24.3. The van der Waals surface area contributed by atoms with Crippen LogP contribution < -0.4 is 10.6 Å². The zero-order valence-electron chi connectivity index (χ0n) is 19.8. The van der Waals surface area contributed by atoms with E-state index >= 15 is 0 Å². The van der Waals surface area contributed by atoms with E-state index in [2.05, 4.69) is 72.0 Å². The highest BCUT2D eigenvalue weighted by Gasteiger charge is 2.69. The second-order valence-electron chi connectivity index (χ2n) is 9.17. The van der Waals surface area contributed by atoms with Crippen LogP contribution in [-0.4, -0.2) is 44.7 Å². The van der Waals surface area contributed by atoms with Gasteiger partial charge in [0.2, 0.25) is 6.41 Å². The molecule has 3 aromatic rings. The molecule has 1 aliphatic carbocycles. The molecule has 0 bridgehead atoms. The van der Waals surface area contributed by atoms with E-state index in [0.29, 0.717) is 18.2 Å². The molecule has 5 nitrogen and oxygen atoms in total. The number of likely N-dealkylation sites (tertiary alicyclic amines) is 1. The molecule has 0 aromatic heterocycles. The van der Waals surface area contributed by atoms with Crippen molar-refractivity contribution in [1.82, 2.24) is 10.2 Å². The van der Waals surface area contributed by atoms with Crippen molar-refractivity contribution >= 4 is 24.0 Å². The smallest absolute Gasteiger partial charge is 0.206 e. The van der Waals surface area contributed by atoms with E-state index < -0.39 is 0 Å². The van der Waals surface area contributed by atoms with Gasteiger partial charge in [-0.2, -0.15) is 0 Å². The monoisotopic (exact) mass is 458 g/mol. The van der Waals surface area contributed by atoms with Crippen LogP contribution in [0, 0.1) is 24.1 Å². The predicted molar refractivity (Wildman–Crippen MR) is 136 cm³/mol. The number of nitrogens with zero attached hydrogens (tertiary/aromatic N) is 1. The minimum Gasteiger partial charge on any atom is -0.362 e. The summed E-state index contributed by atoms with van der Waals surface area (Å²) < 4.78 is 13.2. The second-order valence-corrected chi connectivity index (χ2v) is 9.17. The van der Waals surface area contributed by atoms with E-state index in [1.165, 1.54) is 35.0 Å². The van der Waals surface area contributed by atoms with E-state index in [0.717, 1.165) is 30.0 Å². The van der Waals surface area contributed by atoms with Crippen LogP contribution in [0.25, 0.3) is 0 Å². The molecule has 6 heteroatoms. The Morgan fingerprint density at radius 2 is 1.79 bits per heavy atom. The Bertz CT molecular complexity index is 1170. The van der Waals surface area contributed by atoms with E-state index in [-0.39, 0.29) is 11.2 Å². The van der Waals surface area contributed by atoms with E-state index in [1.807, 2.05) is 0 Å². The molecule has 1 saturated carbocycles. The average Bonchev–Trinajstić information content (AvgIpc) is 3.32. The number of rotatable bonds is 6. The van der Waals surface area contributed by atoms with Crippen LogP contribution >= 0.6 is 0 Å². The van der Waals surface area contributed by atoms with Gasteiger partial charge in [-0.25, -0.2) is 4.39 Å². The van der Waals surface area contributed by atoms with E-state index in [1.54, 1.807) is 19.2 Å². The predicted octanol–water partition coefficient (Wildman–Crippen LogP) is 4.83. The van der Waals surface area contributed by atoms with Crippen LogP contribution in [0.4, 0.5) is 15.8 Å². The summed E-state index contributed by atoms with van der Waals surface area (Å²) in [6, 6.07) is 21.5. The van der Waals surface area contributed by atoms with Gasteiger partial charge in [0.05, 0.1) is 0 Å². The van der Waals surface area contributed by atoms with Crippen molar-refractivity contribution in [2.75, 3.05) is 32.5 Å². The van der Waals surface area contributed by atoms with Gasteiger partial charge in [-0.3, -0.25) is 4.79 Å². The number of aryl methyl sites for hydroxylation is 1. The van der Waals surface area contributed by atoms with Crippen molar-refractivity contribution in [3.8, 4) is 0 Å². The Morgan fingerprint density at radius 1 is 1.12 bits per heavy atom. The lowest BCUT2D eigenvalue weighted by Crippen LogP contribution is -2.26. The molecule has 0 radical (unpaired) electrons. The Kier molecular flexibility index (Phi) is 6.80. The third-order valence-electron chi connectivity index (χ3n) is 7.00. The van der Waals surface area contributed by atoms with Crippen molar-refractivity contribution in [3.63, 3.8) is 0 Å². The number of carbonyl (C=O) groups excluding carboxylic acids is 1. The van der Waals surface area contributed by atoms with Crippen molar-refractivity contribution in [1.29, 1.82) is 5.41 Å². The summed E-state index contributed by atoms with van der Waals surface area (Å²) >= 11 is 0. The highest BCUT2D eigenvalue weighted by molar-refractivity contribution is 5.88. The highest BCUT2D eigenvalue weighted by Crippen LogP contribution is 2.69. The van der Waals surface area contributed by atoms with E-state index in [9.17, 15) is 4.39 Å². The number of benzene rings is 3. The molecule has 3 aromatic carbocycles. The van der Waals surface area contributed by atoms with Gasteiger partial charge in [0.25, 0.3) is 0 Å². The summed E-state index contributed by atoms with van der Waals surface area (Å²) in [4.78, 5) is 11.5. The fraction of sp³-hybridized carbons (Fsp3) is 0.286. The van der Waals surface area contributed by atoms with Crippen LogP contribution in [0.15, 0.2) is 66.7 Å². The second kappa shape index (κ2) is 9.77. The standard InChI is InChI=1S/C26H26FN3.C2H5NO/c1-17-12-24(29-21-10-8-20(27)9-11-21)19(14-28)13-22(17)26-16-30(2)15-23(26)25(26)18-6-4-3-5-7-18;1-3-2-4/h3-14,23,25,28-29H,15-16H2,1-2H3;2H,1H3,(H,3,4). The van der Waals surface area contributed by atoms with Gasteiger partial charge in [0.1, 0.15) is 5.82 Å². The molecule has 3 atom stereocenters. The molecule has 34 heavy (non-hydrogen) atoms. The van der Waals surface area contributed by atoms with Gasteiger partial charge in [-0.1, -0.05) is 30.3 Å². The van der Waals surface area contributed by atoms with Crippen LogP contribution in [0.2, 0.25) is 0 Å². The van der Waals surface area contributed by atoms with E-state index in [4.69, 9.17) is 10.2 Å². The van der Waals surface area contributed by atoms with Crippen molar-refractivity contribution in [2.45, 2.75) is 18.3 Å². The number of nitrogens with one attached hydrogen (secondary N) is 3. The molecule has 176 valence electrons. The fourth-order valence-corrected chi connectivity index (χ4v) is 5.63. The number of fused-ring (bicyclic) bond motifs is 1.